The van der Waals surface area contributed by atoms with Crippen LogP contribution < -0.4 is 10.1 Å². The SMILES string of the molecule is N#Cc1cccc(C(=O)NC2CCOc3ccc(F)cc32)c1. The van der Waals surface area contributed by atoms with Crippen LogP contribution in [0.3, 0.4) is 0 Å². The number of fused-ring (bicyclic) bond motifs is 1. The Hall–Kier alpha value is -2.87. The molecule has 0 bridgehead atoms. The highest BCUT2D eigenvalue weighted by atomic mass is 19.1. The second kappa shape index (κ2) is 5.86. The van der Waals surface area contributed by atoms with Crippen LogP contribution in [-0.4, -0.2) is 12.5 Å². The zero-order valence-corrected chi connectivity index (χ0v) is 11.7. The molecule has 0 spiro atoms. The maximum Gasteiger partial charge on any atom is 0.251 e. The Labute approximate surface area is 127 Å². The average Bonchev–Trinajstić information content (AvgIpc) is 2.55. The molecule has 0 radical (unpaired) electrons. The summed E-state index contributed by atoms with van der Waals surface area (Å²) in [6, 6.07) is 12.4. The van der Waals surface area contributed by atoms with Gasteiger partial charge in [-0.2, -0.15) is 5.26 Å². The van der Waals surface area contributed by atoms with Crippen LogP contribution in [-0.2, 0) is 0 Å². The van der Waals surface area contributed by atoms with Crippen molar-refractivity contribution in [1.82, 2.24) is 5.32 Å². The van der Waals surface area contributed by atoms with Crippen molar-refractivity contribution in [3.63, 3.8) is 0 Å². The summed E-state index contributed by atoms with van der Waals surface area (Å²) in [5, 5.41) is 11.8. The zero-order chi connectivity index (χ0) is 15.5. The van der Waals surface area contributed by atoms with Gasteiger partial charge >= 0.3 is 0 Å². The number of hydrogen-bond donors (Lipinski definition) is 1. The van der Waals surface area contributed by atoms with Crippen LogP contribution in [0, 0.1) is 17.1 Å². The highest BCUT2D eigenvalue weighted by Gasteiger charge is 2.24. The summed E-state index contributed by atoms with van der Waals surface area (Å²) in [6.45, 7) is 0.460. The topological polar surface area (TPSA) is 62.1 Å². The van der Waals surface area contributed by atoms with Crippen molar-refractivity contribution in [3.05, 3.63) is 65.0 Å². The van der Waals surface area contributed by atoms with E-state index in [0.717, 1.165) is 0 Å². The molecule has 0 saturated carbocycles. The highest BCUT2D eigenvalue weighted by molar-refractivity contribution is 5.94. The number of ether oxygens (including phenoxy) is 1. The van der Waals surface area contributed by atoms with Gasteiger partial charge in [0.25, 0.3) is 5.91 Å². The molecule has 3 rings (SSSR count). The maximum atomic E-state index is 13.4. The Morgan fingerprint density at radius 3 is 3.00 bits per heavy atom. The van der Waals surface area contributed by atoms with Crippen LogP contribution in [0.2, 0.25) is 0 Å². The number of hydrogen-bond acceptors (Lipinski definition) is 3. The molecule has 110 valence electrons. The molecule has 2 aromatic rings. The lowest BCUT2D eigenvalue weighted by Crippen LogP contribution is -2.32. The Bertz CT molecular complexity index is 767. The molecular formula is C17H13FN2O2. The number of carbonyl (C=O) groups is 1. The lowest BCUT2D eigenvalue weighted by atomic mass is 9.99. The van der Waals surface area contributed by atoms with E-state index in [4.69, 9.17) is 10.00 Å². The largest absolute Gasteiger partial charge is 0.493 e. The van der Waals surface area contributed by atoms with Crippen LogP contribution in [0.15, 0.2) is 42.5 Å². The number of nitrogens with zero attached hydrogens (tertiary/aromatic N) is 1. The molecule has 22 heavy (non-hydrogen) atoms. The van der Waals surface area contributed by atoms with Crippen molar-refractivity contribution in [2.24, 2.45) is 0 Å². The molecule has 1 atom stereocenters. The standard InChI is InChI=1S/C17H13FN2O2/c18-13-4-5-16-14(9-13)15(6-7-22-16)20-17(21)12-3-1-2-11(8-12)10-19/h1-5,8-9,15H,6-7H2,(H,20,21). The fraction of sp³-hybridized carbons (Fsp3) is 0.176. The molecule has 1 unspecified atom stereocenters. The van der Waals surface area contributed by atoms with Crippen molar-refractivity contribution in [1.29, 1.82) is 5.26 Å². The number of amides is 1. The van der Waals surface area contributed by atoms with E-state index < -0.39 is 0 Å². The molecule has 1 heterocycles. The number of nitriles is 1. The lowest BCUT2D eigenvalue weighted by molar-refractivity contribution is 0.0924. The van der Waals surface area contributed by atoms with Gasteiger partial charge in [0.05, 0.1) is 24.3 Å². The Kier molecular flexibility index (Phi) is 3.75. The van der Waals surface area contributed by atoms with E-state index in [9.17, 15) is 9.18 Å². The van der Waals surface area contributed by atoms with Gasteiger partial charge in [0, 0.05) is 17.5 Å². The van der Waals surface area contributed by atoms with Gasteiger partial charge in [-0.05, 0) is 36.4 Å². The van der Waals surface area contributed by atoms with Crippen LogP contribution in [0.1, 0.15) is 33.9 Å². The second-order valence-electron chi connectivity index (χ2n) is 5.04. The summed E-state index contributed by atoms with van der Waals surface area (Å²) in [5.41, 5.74) is 1.46. The van der Waals surface area contributed by atoms with Gasteiger partial charge < -0.3 is 10.1 Å². The molecule has 0 saturated heterocycles. The monoisotopic (exact) mass is 296 g/mol. The van der Waals surface area contributed by atoms with Gasteiger partial charge in [0.15, 0.2) is 0 Å². The van der Waals surface area contributed by atoms with Crippen molar-refractivity contribution >= 4 is 5.91 Å². The minimum absolute atomic E-state index is 0.292. The van der Waals surface area contributed by atoms with Crippen LogP contribution in [0.4, 0.5) is 4.39 Å². The minimum Gasteiger partial charge on any atom is -0.493 e. The molecule has 1 aliphatic heterocycles. The first kappa shape index (κ1) is 14.1. The second-order valence-corrected chi connectivity index (χ2v) is 5.04. The summed E-state index contributed by atoms with van der Waals surface area (Å²) in [7, 11) is 0. The number of carbonyl (C=O) groups excluding carboxylic acids is 1. The van der Waals surface area contributed by atoms with Gasteiger partial charge in [0.1, 0.15) is 11.6 Å². The van der Waals surface area contributed by atoms with Crippen LogP contribution in [0.25, 0.3) is 0 Å². The van der Waals surface area contributed by atoms with Gasteiger partial charge in [-0.3, -0.25) is 4.79 Å². The van der Waals surface area contributed by atoms with Crippen molar-refractivity contribution in [3.8, 4) is 11.8 Å². The molecule has 5 heteroatoms. The van der Waals surface area contributed by atoms with Gasteiger partial charge in [-0.15, -0.1) is 0 Å². The van der Waals surface area contributed by atoms with E-state index in [2.05, 4.69) is 5.32 Å². The lowest BCUT2D eigenvalue weighted by Gasteiger charge is -2.26. The first-order chi connectivity index (χ1) is 10.7. The smallest absolute Gasteiger partial charge is 0.251 e. The third-order valence-corrected chi connectivity index (χ3v) is 3.57. The Balaban J connectivity index is 1.84. The van der Waals surface area contributed by atoms with E-state index in [-0.39, 0.29) is 17.8 Å². The molecule has 4 nitrogen and oxygen atoms in total. The molecule has 0 aromatic heterocycles. The molecule has 0 fully saturated rings. The number of benzene rings is 2. The van der Waals surface area contributed by atoms with Crippen molar-refractivity contribution in [2.45, 2.75) is 12.5 Å². The minimum atomic E-state index is -0.366. The summed E-state index contributed by atoms with van der Waals surface area (Å²) in [4.78, 5) is 12.3. The summed E-state index contributed by atoms with van der Waals surface area (Å²) >= 11 is 0. The van der Waals surface area contributed by atoms with Crippen molar-refractivity contribution < 1.29 is 13.9 Å². The molecule has 1 N–H and O–H groups in total. The first-order valence-corrected chi connectivity index (χ1v) is 6.90. The van der Waals surface area contributed by atoms with E-state index in [1.54, 1.807) is 24.3 Å². The number of nitrogens with one attached hydrogen (secondary N) is 1. The van der Waals surface area contributed by atoms with Gasteiger partial charge in [-0.25, -0.2) is 4.39 Å². The quantitative estimate of drug-likeness (QED) is 0.926. The Morgan fingerprint density at radius 1 is 1.32 bits per heavy atom. The number of halogens is 1. The summed E-state index contributed by atoms with van der Waals surface area (Å²) < 4.78 is 18.9. The molecule has 2 aromatic carbocycles. The molecular weight excluding hydrogens is 283 g/mol. The zero-order valence-electron chi connectivity index (χ0n) is 11.7. The Morgan fingerprint density at radius 2 is 2.18 bits per heavy atom. The number of rotatable bonds is 2. The molecule has 1 amide bonds. The summed E-state index contributed by atoms with van der Waals surface area (Å²) in [5.74, 6) is -0.0714. The van der Waals surface area contributed by atoms with E-state index in [1.165, 1.54) is 18.2 Å². The fourth-order valence-corrected chi connectivity index (χ4v) is 2.49. The van der Waals surface area contributed by atoms with Crippen LogP contribution in [0.5, 0.6) is 5.75 Å². The fourth-order valence-electron chi connectivity index (χ4n) is 2.49. The average molecular weight is 296 g/mol. The van der Waals surface area contributed by atoms with Crippen LogP contribution >= 0.6 is 0 Å². The van der Waals surface area contributed by atoms with E-state index in [0.29, 0.717) is 35.5 Å². The third kappa shape index (κ3) is 2.77. The molecule has 0 aliphatic carbocycles. The highest BCUT2D eigenvalue weighted by Crippen LogP contribution is 2.32. The van der Waals surface area contributed by atoms with Gasteiger partial charge in [-0.1, -0.05) is 6.07 Å². The third-order valence-electron chi connectivity index (χ3n) is 3.57. The maximum absolute atomic E-state index is 13.4. The van der Waals surface area contributed by atoms with Crippen molar-refractivity contribution in [2.75, 3.05) is 6.61 Å². The summed E-state index contributed by atoms with van der Waals surface area (Å²) in [6.07, 6.45) is 0.570. The molecule has 1 aliphatic rings. The predicted octanol–water partition coefficient (Wildman–Crippen LogP) is 2.95. The predicted molar refractivity (Wildman–Crippen MR) is 77.9 cm³/mol. The van der Waals surface area contributed by atoms with E-state index >= 15 is 0 Å². The normalized spacial score (nSPS) is 16.1. The van der Waals surface area contributed by atoms with Gasteiger partial charge in [0.2, 0.25) is 0 Å². The van der Waals surface area contributed by atoms with E-state index in [1.807, 2.05) is 6.07 Å². The first-order valence-electron chi connectivity index (χ1n) is 6.90.